The minimum Gasteiger partial charge on any atom is -0.445 e. The number of nitrogens with zero attached hydrogens (tertiary/aromatic N) is 5. The van der Waals surface area contributed by atoms with E-state index in [0.717, 1.165) is 64.7 Å². The van der Waals surface area contributed by atoms with Gasteiger partial charge in [-0.1, -0.05) is 30.3 Å². The quantitative estimate of drug-likeness (QED) is 0.243. The Kier molecular flexibility index (Phi) is 9.09. The Morgan fingerprint density at radius 3 is 2.73 bits per heavy atom. The standard InChI is InChI=1S/C31H40N6O3S/c1-23-12-13-26(28-19-32-30-27(35-28)14-16-37(30)22-39-17-18-41(2,3)4)29(33-23)34-25-11-8-15-36(20-25)31(38)40-21-24-9-6-5-7-10-24/h5-7,9-10,12-14,16,19,25H,8,11,15,17-18,20-22H2,1-4H3,(H,33,34). The van der Waals surface area contributed by atoms with Crippen molar-refractivity contribution in [3.05, 3.63) is 72.2 Å². The summed E-state index contributed by atoms with van der Waals surface area (Å²) in [6.45, 7) is 4.66. The number of anilines is 1. The average Bonchev–Trinajstić information content (AvgIpc) is 3.36. The van der Waals surface area contributed by atoms with E-state index in [-0.39, 0.29) is 18.7 Å². The molecule has 0 spiro atoms. The van der Waals surface area contributed by atoms with Gasteiger partial charge in [0.15, 0.2) is 5.65 Å². The normalized spacial score (nSPS) is 16.1. The van der Waals surface area contributed by atoms with Crippen molar-refractivity contribution in [1.29, 1.82) is 0 Å². The summed E-state index contributed by atoms with van der Waals surface area (Å²) < 4.78 is 13.5. The van der Waals surface area contributed by atoms with Crippen LogP contribution in [0.5, 0.6) is 0 Å². The second kappa shape index (κ2) is 12.9. The molecule has 4 aromatic rings. The fourth-order valence-corrected chi connectivity index (χ4v) is 5.42. The van der Waals surface area contributed by atoms with E-state index < -0.39 is 10.0 Å². The number of pyridine rings is 1. The van der Waals surface area contributed by atoms with Gasteiger partial charge in [-0.2, -0.15) is 0 Å². The van der Waals surface area contributed by atoms with Gasteiger partial charge in [-0.05, 0) is 62.3 Å². The highest BCUT2D eigenvalue weighted by Gasteiger charge is 2.26. The number of hydrogen-bond acceptors (Lipinski definition) is 7. The highest BCUT2D eigenvalue weighted by Crippen LogP contribution is 2.33. The third-order valence-electron chi connectivity index (χ3n) is 7.07. The van der Waals surface area contributed by atoms with E-state index in [1.807, 2.05) is 66.2 Å². The maximum absolute atomic E-state index is 12.8. The molecule has 10 heteroatoms. The highest BCUT2D eigenvalue weighted by molar-refractivity contribution is 8.32. The van der Waals surface area contributed by atoms with E-state index in [1.165, 1.54) is 0 Å². The molecule has 41 heavy (non-hydrogen) atoms. The lowest BCUT2D eigenvalue weighted by molar-refractivity contribution is 0.0874. The van der Waals surface area contributed by atoms with Crippen molar-refractivity contribution in [1.82, 2.24) is 24.4 Å². The number of piperidine rings is 1. The van der Waals surface area contributed by atoms with Crippen molar-refractivity contribution in [2.24, 2.45) is 0 Å². The van der Waals surface area contributed by atoms with Crippen LogP contribution in [0.2, 0.25) is 0 Å². The third-order valence-corrected chi connectivity index (χ3v) is 8.46. The number of likely N-dealkylation sites (tertiary alicyclic amines) is 1. The molecule has 218 valence electrons. The zero-order chi connectivity index (χ0) is 28.8. The zero-order valence-corrected chi connectivity index (χ0v) is 25.2. The summed E-state index contributed by atoms with van der Waals surface area (Å²) >= 11 is 0. The van der Waals surface area contributed by atoms with Gasteiger partial charge in [-0.15, -0.1) is 0 Å². The molecule has 1 N–H and O–H groups in total. The van der Waals surface area contributed by atoms with Crippen molar-refractivity contribution in [3.8, 4) is 11.3 Å². The summed E-state index contributed by atoms with van der Waals surface area (Å²) in [5.41, 5.74) is 5.11. The minimum absolute atomic E-state index is 0.0472. The van der Waals surface area contributed by atoms with Crippen molar-refractivity contribution in [3.63, 3.8) is 0 Å². The molecule has 4 heterocycles. The molecular weight excluding hydrogens is 536 g/mol. The molecule has 1 saturated heterocycles. The summed E-state index contributed by atoms with van der Waals surface area (Å²) in [5, 5.41) is 3.60. The maximum Gasteiger partial charge on any atom is 0.410 e. The molecule has 0 aliphatic carbocycles. The van der Waals surface area contributed by atoms with Gasteiger partial charge in [-0.25, -0.2) is 29.8 Å². The molecule has 0 bridgehead atoms. The predicted octanol–water partition coefficient (Wildman–Crippen LogP) is 5.68. The number of ether oxygens (including phenoxy) is 2. The second-order valence-electron chi connectivity index (χ2n) is 11.4. The maximum atomic E-state index is 12.8. The van der Waals surface area contributed by atoms with Gasteiger partial charge >= 0.3 is 6.09 Å². The van der Waals surface area contributed by atoms with Crippen LogP contribution in [0.15, 0.2) is 60.9 Å². The Labute approximate surface area is 243 Å². The molecule has 3 aromatic heterocycles. The van der Waals surface area contributed by atoms with E-state index >= 15 is 0 Å². The van der Waals surface area contributed by atoms with Crippen LogP contribution in [-0.4, -0.2) is 80.8 Å². The topological polar surface area (TPSA) is 94.4 Å². The Morgan fingerprint density at radius 2 is 1.93 bits per heavy atom. The second-order valence-corrected chi connectivity index (χ2v) is 16.0. The fourth-order valence-electron chi connectivity index (χ4n) is 4.81. The van der Waals surface area contributed by atoms with Gasteiger partial charge in [0.25, 0.3) is 0 Å². The number of rotatable bonds is 10. The van der Waals surface area contributed by atoms with Crippen molar-refractivity contribution in [2.75, 3.05) is 49.5 Å². The van der Waals surface area contributed by atoms with Crippen LogP contribution in [0.25, 0.3) is 22.4 Å². The summed E-state index contributed by atoms with van der Waals surface area (Å²) in [7, 11) is -0.582. The molecule has 0 radical (unpaired) electrons. The predicted molar refractivity (Wildman–Crippen MR) is 167 cm³/mol. The molecule has 1 fully saturated rings. The SMILES string of the molecule is Cc1ccc(-c2cnc3c(ccn3COCCS(C)(C)C)n2)c(NC2CCCN(C(=O)OCc3ccccc3)C2)n1. The molecule has 1 aromatic carbocycles. The van der Waals surface area contributed by atoms with Gasteiger partial charge in [0.1, 0.15) is 24.7 Å². The minimum atomic E-state index is -0.582. The Hall–Kier alpha value is -3.63. The van der Waals surface area contributed by atoms with E-state index in [9.17, 15) is 4.79 Å². The molecule has 9 nitrogen and oxygen atoms in total. The first kappa shape index (κ1) is 28.9. The van der Waals surface area contributed by atoms with Gasteiger partial charge in [-0.3, -0.25) is 0 Å². The Bertz CT molecular complexity index is 1470. The first-order chi connectivity index (χ1) is 19.7. The van der Waals surface area contributed by atoms with Crippen LogP contribution >= 0.6 is 10.0 Å². The van der Waals surface area contributed by atoms with E-state index in [1.54, 1.807) is 11.1 Å². The largest absolute Gasteiger partial charge is 0.445 e. The molecule has 0 saturated carbocycles. The number of aryl methyl sites for hydroxylation is 1. The molecule has 1 aliphatic rings. The van der Waals surface area contributed by atoms with E-state index in [0.29, 0.717) is 19.8 Å². The van der Waals surface area contributed by atoms with Crippen LogP contribution in [0.4, 0.5) is 10.6 Å². The average molecular weight is 577 g/mol. The van der Waals surface area contributed by atoms with Crippen LogP contribution in [-0.2, 0) is 22.8 Å². The number of benzene rings is 1. The monoisotopic (exact) mass is 576 g/mol. The lowest BCUT2D eigenvalue weighted by Crippen LogP contribution is -2.45. The molecule has 5 rings (SSSR count). The van der Waals surface area contributed by atoms with Gasteiger partial charge in [0, 0.05) is 42.3 Å². The van der Waals surface area contributed by atoms with Gasteiger partial charge in [0.2, 0.25) is 0 Å². The van der Waals surface area contributed by atoms with Crippen molar-refractivity contribution < 1.29 is 14.3 Å². The van der Waals surface area contributed by atoms with Crippen LogP contribution in [0, 0.1) is 6.92 Å². The summed E-state index contributed by atoms with van der Waals surface area (Å²) in [6.07, 6.45) is 12.2. The summed E-state index contributed by atoms with van der Waals surface area (Å²) in [4.78, 5) is 29.0. The number of hydrogen-bond donors (Lipinski definition) is 1. The van der Waals surface area contributed by atoms with Crippen LogP contribution < -0.4 is 5.32 Å². The van der Waals surface area contributed by atoms with E-state index in [4.69, 9.17) is 24.4 Å². The van der Waals surface area contributed by atoms with Gasteiger partial charge in [0.05, 0.1) is 18.5 Å². The highest BCUT2D eigenvalue weighted by atomic mass is 32.3. The van der Waals surface area contributed by atoms with Crippen LogP contribution in [0.1, 0.15) is 24.1 Å². The summed E-state index contributed by atoms with van der Waals surface area (Å²) in [5.74, 6) is 1.82. The third kappa shape index (κ3) is 7.77. The number of carbonyl (C=O) groups is 1. The number of fused-ring (bicyclic) bond motifs is 1. The van der Waals surface area contributed by atoms with Crippen LogP contribution in [0.3, 0.4) is 0 Å². The Morgan fingerprint density at radius 1 is 1.10 bits per heavy atom. The number of carbonyl (C=O) groups excluding carboxylic acids is 1. The molecular formula is C31H40N6O3S. The lowest BCUT2D eigenvalue weighted by Gasteiger charge is -2.33. The number of nitrogens with one attached hydrogen (secondary N) is 1. The lowest BCUT2D eigenvalue weighted by atomic mass is 10.1. The molecule has 1 aliphatic heterocycles. The first-order valence-electron chi connectivity index (χ1n) is 14.0. The zero-order valence-electron chi connectivity index (χ0n) is 24.4. The number of aromatic nitrogens is 4. The molecule has 1 unspecified atom stereocenters. The fraction of sp³-hybridized carbons (Fsp3) is 0.419. The number of amides is 1. The van der Waals surface area contributed by atoms with E-state index in [2.05, 4.69) is 24.1 Å². The molecule has 1 atom stereocenters. The van der Waals surface area contributed by atoms with Crippen molar-refractivity contribution >= 4 is 33.1 Å². The Balaban J connectivity index is 1.25. The smallest absolute Gasteiger partial charge is 0.410 e. The molecule has 1 amide bonds. The van der Waals surface area contributed by atoms with Gasteiger partial charge < -0.3 is 24.3 Å². The summed E-state index contributed by atoms with van der Waals surface area (Å²) in [6, 6.07) is 15.8. The van der Waals surface area contributed by atoms with Crippen molar-refractivity contribution in [2.45, 2.75) is 39.1 Å². The first-order valence-corrected chi connectivity index (χ1v) is 17.0.